The highest BCUT2D eigenvalue weighted by atomic mass is 16.1. The molecule has 1 amide bonds. The molecule has 2 unspecified atom stereocenters. The zero-order valence-corrected chi connectivity index (χ0v) is 9.31. The van der Waals surface area contributed by atoms with Crippen LogP contribution < -0.4 is 10.6 Å². The van der Waals surface area contributed by atoms with Gasteiger partial charge in [-0.1, -0.05) is 6.92 Å². The first-order valence-corrected chi connectivity index (χ1v) is 5.74. The van der Waals surface area contributed by atoms with Crippen LogP contribution in [0.5, 0.6) is 0 Å². The second-order valence-electron chi connectivity index (χ2n) is 4.21. The number of piperidine rings is 1. The number of nitrogens with one attached hydrogen (secondary N) is 2. The fraction of sp³-hybridized carbons (Fsp3) is 0.909. The molecule has 0 aromatic heterocycles. The third kappa shape index (κ3) is 3.66. The lowest BCUT2D eigenvalue weighted by Crippen LogP contribution is -2.44. The standard InChI is InChI=1S/C11H22N2O/c1-3-5-11(14)13-9(2)10-6-4-7-12-8-10/h9-10,12H,3-8H2,1-2H3,(H,13,14). The third-order valence-corrected chi connectivity index (χ3v) is 2.91. The van der Waals surface area contributed by atoms with E-state index >= 15 is 0 Å². The lowest BCUT2D eigenvalue weighted by atomic mass is 9.93. The van der Waals surface area contributed by atoms with Crippen molar-refractivity contribution in [3.63, 3.8) is 0 Å². The van der Waals surface area contributed by atoms with Crippen LogP contribution in [0.4, 0.5) is 0 Å². The molecule has 0 bridgehead atoms. The summed E-state index contributed by atoms with van der Waals surface area (Å²) in [4.78, 5) is 11.4. The summed E-state index contributed by atoms with van der Waals surface area (Å²) in [6.45, 7) is 6.33. The molecule has 2 N–H and O–H groups in total. The number of rotatable bonds is 4. The van der Waals surface area contributed by atoms with Gasteiger partial charge in [0.1, 0.15) is 0 Å². The van der Waals surface area contributed by atoms with Crippen LogP contribution in [-0.4, -0.2) is 25.0 Å². The fourth-order valence-electron chi connectivity index (χ4n) is 1.98. The SMILES string of the molecule is CCCC(=O)NC(C)C1CCCNC1. The third-order valence-electron chi connectivity index (χ3n) is 2.91. The minimum Gasteiger partial charge on any atom is -0.353 e. The summed E-state index contributed by atoms with van der Waals surface area (Å²) in [7, 11) is 0. The molecular weight excluding hydrogens is 176 g/mol. The van der Waals surface area contributed by atoms with E-state index in [9.17, 15) is 4.79 Å². The molecule has 0 aliphatic carbocycles. The smallest absolute Gasteiger partial charge is 0.220 e. The van der Waals surface area contributed by atoms with E-state index in [0.29, 0.717) is 18.4 Å². The van der Waals surface area contributed by atoms with Gasteiger partial charge in [0, 0.05) is 12.5 Å². The van der Waals surface area contributed by atoms with Gasteiger partial charge in [0.25, 0.3) is 0 Å². The van der Waals surface area contributed by atoms with Gasteiger partial charge < -0.3 is 10.6 Å². The van der Waals surface area contributed by atoms with Crippen LogP contribution in [0.25, 0.3) is 0 Å². The van der Waals surface area contributed by atoms with Gasteiger partial charge in [-0.15, -0.1) is 0 Å². The highest BCUT2D eigenvalue weighted by molar-refractivity contribution is 5.76. The van der Waals surface area contributed by atoms with Crippen molar-refractivity contribution in [3.05, 3.63) is 0 Å². The molecule has 1 aliphatic rings. The van der Waals surface area contributed by atoms with Crippen LogP contribution in [0.1, 0.15) is 39.5 Å². The first-order valence-electron chi connectivity index (χ1n) is 5.74. The lowest BCUT2D eigenvalue weighted by Gasteiger charge is -2.28. The van der Waals surface area contributed by atoms with Crippen molar-refractivity contribution in [2.24, 2.45) is 5.92 Å². The van der Waals surface area contributed by atoms with E-state index in [1.807, 2.05) is 6.92 Å². The maximum atomic E-state index is 11.4. The maximum absolute atomic E-state index is 11.4. The molecule has 0 aromatic carbocycles. The zero-order valence-electron chi connectivity index (χ0n) is 9.31. The summed E-state index contributed by atoms with van der Waals surface area (Å²) in [5.41, 5.74) is 0. The highest BCUT2D eigenvalue weighted by Crippen LogP contribution is 2.14. The van der Waals surface area contributed by atoms with E-state index in [2.05, 4.69) is 17.6 Å². The monoisotopic (exact) mass is 198 g/mol. The Morgan fingerprint density at radius 3 is 3.00 bits per heavy atom. The number of carbonyl (C=O) groups excluding carboxylic acids is 1. The minimum atomic E-state index is 0.200. The Morgan fingerprint density at radius 2 is 2.43 bits per heavy atom. The van der Waals surface area contributed by atoms with Gasteiger partial charge in [-0.2, -0.15) is 0 Å². The molecule has 1 fully saturated rings. The van der Waals surface area contributed by atoms with Gasteiger partial charge in [0.15, 0.2) is 0 Å². The van der Waals surface area contributed by atoms with E-state index in [4.69, 9.17) is 0 Å². The average Bonchev–Trinajstić information content (AvgIpc) is 2.19. The molecular formula is C11H22N2O. The molecule has 3 nitrogen and oxygen atoms in total. The summed E-state index contributed by atoms with van der Waals surface area (Å²) in [6, 6.07) is 0.321. The van der Waals surface area contributed by atoms with Crippen molar-refractivity contribution in [2.45, 2.75) is 45.6 Å². The van der Waals surface area contributed by atoms with Gasteiger partial charge in [0.2, 0.25) is 5.91 Å². The Balaban J connectivity index is 2.25. The molecule has 2 atom stereocenters. The molecule has 1 heterocycles. The Morgan fingerprint density at radius 1 is 1.64 bits per heavy atom. The molecule has 1 rings (SSSR count). The Bertz CT molecular complexity index is 176. The molecule has 82 valence electrons. The average molecular weight is 198 g/mol. The van der Waals surface area contributed by atoms with Crippen molar-refractivity contribution in [2.75, 3.05) is 13.1 Å². The number of carbonyl (C=O) groups is 1. The van der Waals surface area contributed by atoms with E-state index in [1.165, 1.54) is 12.8 Å². The summed E-state index contributed by atoms with van der Waals surface area (Å²) < 4.78 is 0. The van der Waals surface area contributed by atoms with Crippen molar-refractivity contribution in [1.82, 2.24) is 10.6 Å². The quantitative estimate of drug-likeness (QED) is 0.714. The Labute approximate surface area is 86.6 Å². The van der Waals surface area contributed by atoms with Crippen LogP contribution in [0.3, 0.4) is 0 Å². The number of hydrogen-bond donors (Lipinski definition) is 2. The normalized spacial score (nSPS) is 24.3. The predicted octanol–water partition coefficient (Wildman–Crippen LogP) is 1.29. The van der Waals surface area contributed by atoms with E-state index in [0.717, 1.165) is 19.5 Å². The molecule has 0 saturated carbocycles. The number of hydrogen-bond acceptors (Lipinski definition) is 2. The molecule has 3 heteroatoms. The summed E-state index contributed by atoms with van der Waals surface area (Å²) in [6.07, 6.45) is 4.06. The molecule has 1 aliphatic heterocycles. The van der Waals surface area contributed by atoms with Crippen molar-refractivity contribution in [1.29, 1.82) is 0 Å². The van der Waals surface area contributed by atoms with Gasteiger partial charge in [-0.25, -0.2) is 0 Å². The van der Waals surface area contributed by atoms with Gasteiger partial charge in [0.05, 0.1) is 0 Å². The lowest BCUT2D eigenvalue weighted by molar-refractivity contribution is -0.122. The molecule has 1 saturated heterocycles. The van der Waals surface area contributed by atoms with E-state index < -0.39 is 0 Å². The summed E-state index contributed by atoms with van der Waals surface area (Å²) in [5.74, 6) is 0.815. The van der Waals surface area contributed by atoms with E-state index in [-0.39, 0.29) is 5.91 Å². The number of amides is 1. The van der Waals surface area contributed by atoms with Crippen LogP contribution in [-0.2, 0) is 4.79 Å². The molecule has 14 heavy (non-hydrogen) atoms. The minimum absolute atomic E-state index is 0.200. The largest absolute Gasteiger partial charge is 0.353 e. The molecule has 0 aromatic rings. The van der Waals surface area contributed by atoms with Gasteiger partial charge in [-0.05, 0) is 45.2 Å². The fourth-order valence-corrected chi connectivity index (χ4v) is 1.98. The zero-order chi connectivity index (χ0) is 10.4. The van der Waals surface area contributed by atoms with Gasteiger partial charge in [-0.3, -0.25) is 4.79 Å². The highest BCUT2D eigenvalue weighted by Gasteiger charge is 2.20. The Hall–Kier alpha value is -0.570. The van der Waals surface area contributed by atoms with Crippen molar-refractivity contribution in [3.8, 4) is 0 Å². The van der Waals surface area contributed by atoms with Crippen molar-refractivity contribution >= 4 is 5.91 Å². The second kappa shape index (κ2) is 6.02. The first-order chi connectivity index (χ1) is 6.74. The summed E-state index contributed by atoms with van der Waals surface area (Å²) >= 11 is 0. The first kappa shape index (κ1) is 11.5. The van der Waals surface area contributed by atoms with Crippen LogP contribution >= 0.6 is 0 Å². The van der Waals surface area contributed by atoms with E-state index in [1.54, 1.807) is 0 Å². The van der Waals surface area contributed by atoms with Gasteiger partial charge >= 0.3 is 0 Å². The predicted molar refractivity (Wildman–Crippen MR) is 58.1 cm³/mol. The van der Waals surface area contributed by atoms with Crippen molar-refractivity contribution < 1.29 is 4.79 Å². The Kier molecular flexibility index (Phi) is 4.94. The van der Waals surface area contributed by atoms with Crippen LogP contribution in [0.2, 0.25) is 0 Å². The molecule has 0 spiro atoms. The van der Waals surface area contributed by atoms with Crippen LogP contribution in [0.15, 0.2) is 0 Å². The summed E-state index contributed by atoms with van der Waals surface area (Å²) in [5, 5.41) is 6.44. The molecule has 0 radical (unpaired) electrons. The maximum Gasteiger partial charge on any atom is 0.220 e. The second-order valence-corrected chi connectivity index (χ2v) is 4.21. The topological polar surface area (TPSA) is 41.1 Å². The van der Waals surface area contributed by atoms with Crippen LogP contribution in [0, 0.1) is 5.92 Å².